The molecule has 0 bridgehead atoms. The van der Waals surface area contributed by atoms with Crippen molar-refractivity contribution in [3.8, 4) is 0 Å². The fraction of sp³-hybridized carbons (Fsp3) is 0.823. The van der Waals surface area contributed by atoms with Crippen LogP contribution >= 0.6 is 0 Å². The maximum atomic E-state index is 12.9. The summed E-state index contributed by atoms with van der Waals surface area (Å²) < 4.78 is 16.9. The van der Waals surface area contributed by atoms with Crippen molar-refractivity contribution in [2.24, 2.45) is 0 Å². The normalized spacial score (nSPS) is 12.3. The summed E-state index contributed by atoms with van der Waals surface area (Å²) in [4.78, 5) is 38.2. The molecule has 1 unspecified atom stereocenters. The first-order valence-electron chi connectivity index (χ1n) is 29.6. The minimum absolute atomic E-state index is 0.0745. The number of unbranched alkanes of at least 4 members (excludes halogenated alkanes) is 35. The van der Waals surface area contributed by atoms with Crippen molar-refractivity contribution in [2.75, 3.05) is 13.2 Å². The van der Waals surface area contributed by atoms with Crippen molar-refractivity contribution in [3.05, 3.63) is 48.6 Å². The van der Waals surface area contributed by atoms with Crippen molar-refractivity contribution in [1.29, 1.82) is 0 Å². The number of carbonyl (C=O) groups is 3. The molecule has 6 heteroatoms. The van der Waals surface area contributed by atoms with Crippen LogP contribution in [-0.4, -0.2) is 37.2 Å². The Morgan fingerprint density at radius 1 is 0.309 bits per heavy atom. The summed E-state index contributed by atoms with van der Waals surface area (Å²) in [6.07, 6.45) is 69.6. The minimum atomic E-state index is -0.777. The van der Waals surface area contributed by atoms with E-state index in [0.717, 1.165) is 83.5 Å². The van der Waals surface area contributed by atoms with Gasteiger partial charge in [0, 0.05) is 19.3 Å². The van der Waals surface area contributed by atoms with Crippen molar-refractivity contribution in [2.45, 2.75) is 316 Å². The zero-order chi connectivity index (χ0) is 49.3. The number of ether oxygens (including phenoxy) is 3. The number of allylic oxidation sites excluding steroid dienone is 8. The largest absolute Gasteiger partial charge is 0.462 e. The van der Waals surface area contributed by atoms with E-state index in [1.165, 1.54) is 186 Å². The van der Waals surface area contributed by atoms with Crippen LogP contribution in [0.1, 0.15) is 310 Å². The molecule has 68 heavy (non-hydrogen) atoms. The fourth-order valence-electron chi connectivity index (χ4n) is 8.63. The van der Waals surface area contributed by atoms with Gasteiger partial charge >= 0.3 is 17.9 Å². The second kappa shape index (κ2) is 57.0. The SMILES string of the molecule is CC/C=C\C/C=C\C/C=C\CCCCCCCCCC(=O)OC(COC(=O)CCCCCCCCCCC/C=C\CCCCCCCC)COC(=O)CCCCCCCCCCCCCCCC. The van der Waals surface area contributed by atoms with Gasteiger partial charge in [0.15, 0.2) is 6.10 Å². The standard InChI is InChI=1S/C62H112O6/c1-4-7-10-13-16-19-22-25-28-30-31-33-34-37-40-43-46-49-52-55-61(64)67-58-59(57-66-60(63)54-51-48-45-42-39-36-27-24-21-18-15-12-9-6-3)68-62(65)56-53-50-47-44-41-38-35-32-29-26-23-20-17-14-11-8-5-2/h8,11,17,20,25-26,28-29,59H,4-7,9-10,12-16,18-19,21-24,27,30-58H2,1-3H3/b11-8-,20-17-,28-25-,29-26-. The molecule has 0 amide bonds. The van der Waals surface area contributed by atoms with Gasteiger partial charge in [-0.15, -0.1) is 0 Å². The molecule has 0 aromatic rings. The van der Waals surface area contributed by atoms with Crippen molar-refractivity contribution >= 4 is 17.9 Å². The molecular formula is C62H112O6. The van der Waals surface area contributed by atoms with Crippen LogP contribution in [0.25, 0.3) is 0 Å². The van der Waals surface area contributed by atoms with E-state index in [-0.39, 0.29) is 31.1 Å². The average molecular weight is 954 g/mol. The Kier molecular flexibility index (Phi) is 54.8. The van der Waals surface area contributed by atoms with E-state index in [1.54, 1.807) is 0 Å². The monoisotopic (exact) mass is 953 g/mol. The van der Waals surface area contributed by atoms with E-state index >= 15 is 0 Å². The van der Waals surface area contributed by atoms with E-state index in [1.807, 2.05) is 0 Å². The van der Waals surface area contributed by atoms with Crippen LogP contribution in [0.3, 0.4) is 0 Å². The lowest BCUT2D eigenvalue weighted by Gasteiger charge is -2.18. The van der Waals surface area contributed by atoms with Gasteiger partial charge < -0.3 is 14.2 Å². The molecule has 0 heterocycles. The molecule has 0 spiro atoms. The van der Waals surface area contributed by atoms with Crippen molar-refractivity contribution in [1.82, 2.24) is 0 Å². The van der Waals surface area contributed by atoms with Crippen molar-refractivity contribution < 1.29 is 28.6 Å². The highest BCUT2D eigenvalue weighted by molar-refractivity contribution is 5.71. The van der Waals surface area contributed by atoms with Gasteiger partial charge in [-0.25, -0.2) is 0 Å². The Labute approximate surface area is 422 Å². The maximum absolute atomic E-state index is 12.9. The molecule has 0 saturated heterocycles. The highest BCUT2D eigenvalue weighted by Crippen LogP contribution is 2.16. The van der Waals surface area contributed by atoms with Gasteiger partial charge in [0.2, 0.25) is 0 Å². The van der Waals surface area contributed by atoms with Crippen LogP contribution < -0.4 is 0 Å². The molecule has 0 fully saturated rings. The minimum Gasteiger partial charge on any atom is -0.462 e. The Morgan fingerprint density at radius 2 is 0.574 bits per heavy atom. The first-order valence-corrected chi connectivity index (χ1v) is 29.6. The summed E-state index contributed by atoms with van der Waals surface area (Å²) in [6, 6.07) is 0. The van der Waals surface area contributed by atoms with Crippen LogP contribution in [0.5, 0.6) is 0 Å². The molecule has 0 N–H and O–H groups in total. The van der Waals surface area contributed by atoms with E-state index in [9.17, 15) is 14.4 Å². The number of esters is 3. The van der Waals surface area contributed by atoms with Gasteiger partial charge in [0.25, 0.3) is 0 Å². The first-order chi connectivity index (χ1) is 33.5. The number of carbonyl (C=O) groups excluding carboxylic acids is 3. The predicted molar refractivity (Wildman–Crippen MR) is 293 cm³/mol. The molecule has 1 atom stereocenters. The third-order valence-corrected chi connectivity index (χ3v) is 13.1. The van der Waals surface area contributed by atoms with Crippen LogP contribution in [0.4, 0.5) is 0 Å². The highest BCUT2D eigenvalue weighted by atomic mass is 16.6. The molecule has 396 valence electrons. The smallest absolute Gasteiger partial charge is 0.306 e. The summed E-state index contributed by atoms with van der Waals surface area (Å²) in [5.74, 6) is -0.870. The van der Waals surface area contributed by atoms with E-state index in [4.69, 9.17) is 14.2 Å². The lowest BCUT2D eigenvalue weighted by atomic mass is 10.0. The zero-order valence-corrected chi connectivity index (χ0v) is 45.4. The summed E-state index contributed by atoms with van der Waals surface area (Å²) >= 11 is 0. The Balaban J connectivity index is 4.35. The lowest BCUT2D eigenvalue weighted by Crippen LogP contribution is -2.30. The lowest BCUT2D eigenvalue weighted by molar-refractivity contribution is -0.167. The van der Waals surface area contributed by atoms with Gasteiger partial charge in [-0.1, -0.05) is 262 Å². The molecule has 0 aromatic carbocycles. The fourth-order valence-corrected chi connectivity index (χ4v) is 8.63. The quantitative estimate of drug-likeness (QED) is 0.0262. The predicted octanol–water partition coefficient (Wildman–Crippen LogP) is 19.8. The molecule has 0 aliphatic heterocycles. The molecule has 0 aromatic heterocycles. The van der Waals surface area contributed by atoms with Gasteiger partial charge in [-0.2, -0.15) is 0 Å². The summed E-state index contributed by atoms with van der Waals surface area (Å²) in [7, 11) is 0. The van der Waals surface area contributed by atoms with Crippen molar-refractivity contribution in [3.63, 3.8) is 0 Å². The Bertz CT molecular complexity index is 1190. The molecule has 0 aliphatic rings. The van der Waals surface area contributed by atoms with Crippen LogP contribution in [0, 0.1) is 0 Å². The topological polar surface area (TPSA) is 78.9 Å². The molecule has 0 aliphatic carbocycles. The van der Waals surface area contributed by atoms with E-state index in [0.29, 0.717) is 19.3 Å². The molecule has 0 saturated carbocycles. The first kappa shape index (κ1) is 65.4. The molecule has 0 radical (unpaired) electrons. The van der Waals surface area contributed by atoms with Crippen LogP contribution in [0.2, 0.25) is 0 Å². The van der Waals surface area contributed by atoms with Gasteiger partial charge in [0.1, 0.15) is 13.2 Å². The van der Waals surface area contributed by atoms with E-state index in [2.05, 4.69) is 69.4 Å². The maximum Gasteiger partial charge on any atom is 0.306 e. The third-order valence-electron chi connectivity index (χ3n) is 13.1. The van der Waals surface area contributed by atoms with Crippen LogP contribution in [-0.2, 0) is 28.6 Å². The van der Waals surface area contributed by atoms with Gasteiger partial charge in [-0.3, -0.25) is 14.4 Å². The van der Waals surface area contributed by atoms with Gasteiger partial charge in [0.05, 0.1) is 0 Å². The average Bonchev–Trinajstić information content (AvgIpc) is 3.34. The Morgan fingerprint density at radius 3 is 0.912 bits per heavy atom. The zero-order valence-electron chi connectivity index (χ0n) is 45.4. The molecule has 0 rings (SSSR count). The second-order valence-electron chi connectivity index (χ2n) is 19.9. The van der Waals surface area contributed by atoms with E-state index < -0.39 is 6.10 Å². The summed E-state index contributed by atoms with van der Waals surface area (Å²) in [6.45, 7) is 6.56. The summed E-state index contributed by atoms with van der Waals surface area (Å²) in [5.41, 5.74) is 0. The van der Waals surface area contributed by atoms with Crippen LogP contribution in [0.15, 0.2) is 48.6 Å². The molecule has 6 nitrogen and oxygen atoms in total. The number of rotatable bonds is 54. The summed E-state index contributed by atoms with van der Waals surface area (Å²) in [5, 5.41) is 0. The van der Waals surface area contributed by atoms with Gasteiger partial charge in [-0.05, 0) is 77.0 Å². The Hall–Kier alpha value is -2.63. The number of hydrogen-bond acceptors (Lipinski definition) is 6. The second-order valence-corrected chi connectivity index (χ2v) is 19.9. The number of hydrogen-bond donors (Lipinski definition) is 0. The highest BCUT2D eigenvalue weighted by Gasteiger charge is 2.19. The molecular weight excluding hydrogens is 841 g/mol. The third kappa shape index (κ3) is 54.3.